The van der Waals surface area contributed by atoms with E-state index in [0.29, 0.717) is 11.8 Å². The molecule has 22 heavy (non-hydrogen) atoms. The summed E-state index contributed by atoms with van der Waals surface area (Å²) in [5.41, 5.74) is 4.22. The second-order valence-corrected chi connectivity index (χ2v) is 7.41. The Hall–Kier alpha value is -1.81. The summed E-state index contributed by atoms with van der Waals surface area (Å²) in [5.74, 6) is 1.00. The van der Waals surface area contributed by atoms with Crippen molar-refractivity contribution in [3.63, 3.8) is 0 Å². The molecule has 2 aromatic rings. The first-order valence-corrected chi connectivity index (χ1v) is 8.89. The van der Waals surface area contributed by atoms with Crippen molar-refractivity contribution in [2.24, 2.45) is 11.8 Å². The fraction of sp³-hybridized carbons (Fsp3) is 0.389. The maximum absolute atomic E-state index is 12.1. The summed E-state index contributed by atoms with van der Waals surface area (Å²) in [5, 5.41) is 7.16. The number of hydrogen-bond acceptors (Lipinski definition) is 3. The first-order valence-electron chi connectivity index (χ1n) is 7.94. The van der Waals surface area contributed by atoms with Gasteiger partial charge in [0.15, 0.2) is 0 Å². The predicted octanol–water partition coefficient (Wildman–Crippen LogP) is 4.99. The maximum Gasteiger partial charge on any atom is 0.412 e. The van der Waals surface area contributed by atoms with Gasteiger partial charge in [0.1, 0.15) is 5.60 Å². The van der Waals surface area contributed by atoms with Gasteiger partial charge >= 0.3 is 6.09 Å². The minimum atomic E-state index is -0.371. The lowest BCUT2D eigenvalue weighted by Crippen LogP contribution is -2.43. The van der Waals surface area contributed by atoms with Crippen molar-refractivity contribution in [1.82, 2.24) is 0 Å². The van der Waals surface area contributed by atoms with Gasteiger partial charge in [-0.2, -0.15) is 11.3 Å². The number of ether oxygens (including phenoxy) is 1. The summed E-state index contributed by atoms with van der Waals surface area (Å²) < 4.78 is 5.97. The Morgan fingerprint density at radius 1 is 1.09 bits per heavy atom. The van der Waals surface area contributed by atoms with E-state index in [2.05, 4.69) is 34.3 Å². The predicted molar refractivity (Wildman–Crippen MR) is 87.0 cm³/mol. The number of fused-ring (bicyclic) bond motifs is 1. The van der Waals surface area contributed by atoms with Crippen molar-refractivity contribution < 1.29 is 9.53 Å². The smallest absolute Gasteiger partial charge is 0.412 e. The van der Waals surface area contributed by atoms with Crippen molar-refractivity contribution in [2.75, 3.05) is 5.32 Å². The van der Waals surface area contributed by atoms with Crippen LogP contribution in [0.3, 0.4) is 0 Å². The lowest BCUT2D eigenvalue weighted by Gasteiger charge is -2.39. The standard InChI is InChI=1S/C18H17NO2S/c20-17-19-16-6-1-11(12-7-8-22-10-12)9-15(16)18(21-17,13-2-3-13)14-4-5-14/h1,6-10,13-14H,2-5H2,(H,19,20). The third-order valence-corrected chi connectivity index (χ3v) is 5.84. The molecular weight excluding hydrogens is 294 g/mol. The van der Waals surface area contributed by atoms with Crippen LogP contribution in [0.5, 0.6) is 0 Å². The van der Waals surface area contributed by atoms with Crippen molar-refractivity contribution in [1.29, 1.82) is 0 Å². The first-order chi connectivity index (χ1) is 10.8. The fourth-order valence-corrected chi connectivity index (χ4v) is 4.56. The number of hydrogen-bond donors (Lipinski definition) is 1. The Morgan fingerprint density at radius 2 is 1.86 bits per heavy atom. The molecule has 1 aromatic carbocycles. The Bertz CT molecular complexity index is 732. The number of carbonyl (C=O) groups excluding carboxylic acids is 1. The normalized spacial score (nSPS) is 22.6. The van der Waals surface area contributed by atoms with Crippen LogP contribution in [-0.2, 0) is 10.3 Å². The first kappa shape index (κ1) is 12.7. The zero-order chi connectivity index (χ0) is 14.7. The molecule has 0 radical (unpaired) electrons. The molecule has 2 aliphatic carbocycles. The summed E-state index contributed by atoms with van der Waals surface area (Å²) in [6.07, 6.45) is 4.41. The molecule has 2 heterocycles. The third kappa shape index (κ3) is 1.76. The quantitative estimate of drug-likeness (QED) is 0.867. The van der Waals surface area contributed by atoms with Gasteiger partial charge in [0.2, 0.25) is 0 Å². The van der Waals surface area contributed by atoms with E-state index in [-0.39, 0.29) is 11.7 Å². The molecule has 0 atom stereocenters. The van der Waals surface area contributed by atoms with Gasteiger partial charge in [-0.15, -0.1) is 0 Å². The molecule has 0 saturated heterocycles. The van der Waals surface area contributed by atoms with Crippen molar-refractivity contribution in [2.45, 2.75) is 31.3 Å². The molecular formula is C18H17NO2S. The summed E-state index contributed by atoms with van der Waals surface area (Å²) in [4.78, 5) is 12.1. The molecule has 0 bridgehead atoms. The van der Waals surface area contributed by atoms with Gasteiger partial charge in [-0.3, -0.25) is 5.32 Å². The van der Waals surface area contributed by atoms with E-state index in [4.69, 9.17) is 4.74 Å². The molecule has 0 unspecified atom stereocenters. The highest BCUT2D eigenvalue weighted by Gasteiger charge is 2.60. The van der Waals surface area contributed by atoms with E-state index < -0.39 is 0 Å². The third-order valence-electron chi connectivity index (χ3n) is 5.16. The zero-order valence-corrected chi connectivity index (χ0v) is 13.0. The molecule has 2 saturated carbocycles. The average molecular weight is 311 g/mol. The monoisotopic (exact) mass is 311 g/mol. The topological polar surface area (TPSA) is 38.3 Å². The molecule has 2 fully saturated rings. The van der Waals surface area contributed by atoms with E-state index in [0.717, 1.165) is 5.69 Å². The van der Waals surface area contributed by atoms with Crippen LogP contribution in [-0.4, -0.2) is 6.09 Å². The zero-order valence-electron chi connectivity index (χ0n) is 12.2. The highest BCUT2D eigenvalue weighted by atomic mass is 32.1. The molecule has 3 aliphatic rings. The summed E-state index contributed by atoms with van der Waals surface area (Å²) in [7, 11) is 0. The number of amides is 1. The lowest BCUT2D eigenvalue weighted by molar-refractivity contribution is -0.0265. The average Bonchev–Trinajstić information content (AvgIpc) is 3.44. The Kier molecular flexibility index (Phi) is 2.51. The molecule has 3 nitrogen and oxygen atoms in total. The van der Waals surface area contributed by atoms with E-state index in [1.807, 2.05) is 6.07 Å². The van der Waals surface area contributed by atoms with Gasteiger partial charge in [-0.05, 0) is 65.8 Å². The van der Waals surface area contributed by atoms with Crippen LogP contribution in [0, 0.1) is 11.8 Å². The van der Waals surface area contributed by atoms with Crippen LogP contribution in [0.4, 0.5) is 10.5 Å². The number of nitrogens with one attached hydrogen (secondary N) is 1. The van der Waals surface area contributed by atoms with Gasteiger partial charge in [0.05, 0.1) is 5.69 Å². The Morgan fingerprint density at radius 3 is 2.50 bits per heavy atom. The minimum absolute atomic E-state index is 0.283. The molecule has 1 N–H and O–H groups in total. The van der Waals surface area contributed by atoms with Crippen molar-refractivity contribution in [3.05, 3.63) is 40.6 Å². The number of carbonyl (C=O) groups is 1. The van der Waals surface area contributed by atoms with E-state index in [9.17, 15) is 4.79 Å². The molecule has 5 rings (SSSR count). The van der Waals surface area contributed by atoms with E-state index in [1.165, 1.54) is 42.4 Å². The molecule has 1 amide bonds. The maximum atomic E-state index is 12.1. The van der Waals surface area contributed by atoms with Crippen LogP contribution in [0.25, 0.3) is 11.1 Å². The molecule has 4 heteroatoms. The molecule has 1 aromatic heterocycles. The highest BCUT2D eigenvalue weighted by Crippen LogP contribution is 2.62. The summed E-state index contributed by atoms with van der Waals surface area (Å²) in [6.45, 7) is 0. The Balaban J connectivity index is 1.70. The van der Waals surface area contributed by atoms with Crippen molar-refractivity contribution in [3.8, 4) is 11.1 Å². The van der Waals surface area contributed by atoms with Gasteiger partial charge in [0.25, 0.3) is 0 Å². The number of thiophene rings is 1. The van der Waals surface area contributed by atoms with E-state index in [1.54, 1.807) is 11.3 Å². The number of anilines is 1. The van der Waals surface area contributed by atoms with Gasteiger partial charge < -0.3 is 4.74 Å². The van der Waals surface area contributed by atoms with Gasteiger partial charge in [0, 0.05) is 17.4 Å². The Labute approximate surface area is 133 Å². The van der Waals surface area contributed by atoms with Crippen LogP contribution in [0.15, 0.2) is 35.0 Å². The van der Waals surface area contributed by atoms with Crippen LogP contribution < -0.4 is 5.32 Å². The van der Waals surface area contributed by atoms with E-state index >= 15 is 0 Å². The summed E-state index contributed by atoms with van der Waals surface area (Å²) >= 11 is 1.71. The van der Waals surface area contributed by atoms with Gasteiger partial charge in [-0.25, -0.2) is 4.79 Å². The van der Waals surface area contributed by atoms with Crippen molar-refractivity contribution >= 4 is 23.1 Å². The molecule has 112 valence electrons. The summed E-state index contributed by atoms with van der Waals surface area (Å²) in [6, 6.07) is 8.53. The number of cyclic esters (lactones) is 1. The SMILES string of the molecule is O=C1Nc2ccc(-c3ccsc3)cc2C(C2CC2)(C2CC2)O1. The lowest BCUT2D eigenvalue weighted by atomic mass is 9.81. The molecule has 1 aliphatic heterocycles. The number of benzene rings is 1. The second-order valence-electron chi connectivity index (χ2n) is 6.63. The second kappa shape index (κ2) is 4.35. The largest absolute Gasteiger partial charge is 0.437 e. The highest BCUT2D eigenvalue weighted by molar-refractivity contribution is 7.08. The minimum Gasteiger partial charge on any atom is -0.437 e. The van der Waals surface area contributed by atoms with Gasteiger partial charge in [-0.1, -0.05) is 6.07 Å². The van der Waals surface area contributed by atoms with Crippen LogP contribution in [0.1, 0.15) is 31.2 Å². The molecule has 0 spiro atoms. The van der Waals surface area contributed by atoms with Crippen LogP contribution >= 0.6 is 11.3 Å². The van der Waals surface area contributed by atoms with Crippen LogP contribution in [0.2, 0.25) is 0 Å². The number of rotatable bonds is 3. The fourth-order valence-electron chi connectivity index (χ4n) is 3.89.